The summed E-state index contributed by atoms with van der Waals surface area (Å²) in [6.45, 7) is 0.391. The van der Waals surface area contributed by atoms with Crippen molar-refractivity contribution < 1.29 is 19.7 Å². The second-order valence-electron chi connectivity index (χ2n) is 2.80. The van der Waals surface area contributed by atoms with Gasteiger partial charge >= 0.3 is 0 Å². The number of rotatable bonds is 0. The van der Waals surface area contributed by atoms with Crippen molar-refractivity contribution in [2.45, 2.75) is 28.5 Å². The van der Waals surface area contributed by atoms with Gasteiger partial charge in [-0.2, -0.15) is 0 Å². The van der Waals surface area contributed by atoms with E-state index in [9.17, 15) is 10.2 Å². The number of ether oxygens (including phenoxy) is 2. The smallest absolute Gasteiger partial charge is 0.172 e. The van der Waals surface area contributed by atoms with E-state index in [-0.39, 0.29) is 16.3 Å². The molecule has 2 aliphatic heterocycles. The van der Waals surface area contributed by atoms with Crippen LogP contribution < -0.4 is 0 Å². The van der Waals surface area contributed by atoms with Crippen LogP contribution in [0.3, 0.4) is 0 Å². The van der Waals surface area contributed by atoms with Gasteiger partial charge in [0.25, 0.3) is 0 Å². The summed E-state index contributed by atoms with van der Waals surface area (Å²) >= 11 is 2.03. The SMILES string of the molecule is O[C@H]1[C@H](O)[C@H]2CO[C@@H](O2)[C@@H]1I. The molecule has 0 saturated carbocycles. The molecule has 2 heterocycles. The summed E-state index contributed by atoms with van der Waals surface area (Å²) in [5, 5.41) is 18.8. The molecule has 0 spiro atoms. The van der Waals surface area contributed by atoms with Crippen LogP contribution in [-0.2, 0) is 9.47 Å². The van der Waals surface area contributed by atoms with E-state index in [1.54, 1.807) is 0 Å². The lowest BCUT2D eigenvalue weighted by Gasteiger charge is -2.32. The lowest BCUT2D eigenvalue weighted by molar-refractivity contribution is -0.156. The molecule has 2 aliphatic rings. The summed E-state index contributed by atoms with van der Waals surface area (Å²) in [6, 6.07) is 0. The van der Waals surface area contributed by atoms with Crippen molar-refractivity contribution in [2.24, 2.45) is 0 Å². The summed E-state index contributed by atoms with van der Waals surface area (Å²) in [5.74, 6) is 0. The maximum Gasteiger partial charge on any atom is 0.172 e. The Morgan fingerprint density at radius 1 is 1.27 bits per heavy atom. The Morgan fingerprint density at radius 2 is 2.00 bits per heavy atom. The molecule has 11 heavy (non-hydrogen) atoms. The van der Waals surface area contributed by atoms with Crippen molar-refractivity contribution in [1.82, 2.24) is 0 Å². The molecule has 0 aliphatic carbocycles. The van der Waals surface area contributed by atoms with Gasteiger partial charge in [-0.1, -0.05) is 22.6 Å². The number of hydrogen-bond donors (Lipinski definition) is 2. The Morgan fingerprint density at radius 3 is 2.73 bits per heavy atom. The van der Waals surface area contributed by atoms with Crippen molar-refractivity contribution in [3.05, 3.63) is 0 Å². The van der Waals surface area contributed by atoms with E-state index in [0.29, 0.717) is 6.61 Å². The topological polar surface area (TPSA) is 58.9 Å². The Labute approximate surface area is 77.6 Å². The van der Waals surface area contributed by atoms with Crippen LogP contribution in [0, 0.1) is 0 Å². The van der Waals surface area contributed by atoms with Crippen LogP contribution >= 0.6 is 22.6 Å². The molecule has 2 fully saturated rings. The fourth-order valence-corrected chi connectivity index (χ4v) is 2.16. The predicted octanol–water partition coefficient (Wildman–Crippen LogP) is -0.733. The number of aliphatic hydroxyl groups is 2. The first-order valence-corrected chi connectivity index (χ1v) is 4.72. The molecular weight excluding hydrogens is 263 g/mol. The van der Waals surface area contributed by atoms with E-state index in [0.717, 1.165) is 0 Å². The van der Waals surface area contributed by atoms with E-state index in [1.807, 2.05) is 22.6 Å². The molecule has 2 rings (SSSR count). The first-order chi connectivity index (χ1) is 5.20. The molecule has 0 unspecified atom stereocenters. The molecule has 0 aromatic rings. The Bertz CT molecular complexity index is 145. The Balaban J connectivity index is 2.16. The zero-order valence-corrected chi connectivity index (χ0v) is 7.84. The zero-order valence-electron chi connectivity index (χ0n) is 5.68. The third-order valence-corrected chi connectivity index (χ3v) is 3.37. The minimum absolute atomic E-state index is 0.165. The van der Waals surface area contributed by atoms with Gasteiger partial charge in [0, 0.05) is 0 Å². The molecule has 5 atom stereocenters. The van der Waals surface area contributed by atoms with Crippen LogP contribution in [0.25, 0.3) is 0 Å². The lowest BCUT2D eigenvalue weighted by atomic mass is 10.0. The molecule has 0 aromatic carbocycles. The standard InChI is InChI=1S/C6H9IO4/c7-3-5(9)4(8)2-1-10-6(3)11-2/h2-6,8-9H,1H2/t2-,3-,4-,5-,6+/m1/s1. The van der Waals surface area contributed by atoms with Crippen molar-refractivity contribution in [3.8, 4) is 0 Å². The fourth-order valence-electron chi connectivity index (χ4n) is 1.36. The van der Waals surface area contributed by atoms with Gasteiger partial charge in [0.2, 0.25) is 0 Å². The highest BCUT2D eigenvalue weighted by molar-refractivity contribution is 14.1. The van der Waals surface area contributed by atoms with E-state index < -0.39 is 12.2 Å². The minimum Gasteiger partial charge on any atom is -0.389 e. The molecule has 2 N–H and O–H groups in total. The largest absolute Gasteiger partial charge is 0.389 e. The van der Waals surface area contributed by atoms with Crippen molar-refractivity contribution in [1.29, 1.82) is 0 Å². The average molecular weight is 272 g/mol. The van der Waals surface area contributed by atoms with Crippen LogP contribution in [0.15, 0.2) is 0 Å². The van der Waals surface area contributed by atoms with Gasteiger partial charge in [0.15, 0.2) is 6.29 Å². The van der Waals surface area contributed by atoms with Gasteiger partial charge in [0.1, 0.15) is 12.2 Å². The monoisotopic (exact) mass is 272 g/mol. The summed E-state index contributed by atoms with van der Waals surface area (Å²) in [5.41, 5.74) is 0. The predicted molar refractivity (Wildman–Crippen MR) is 44.4 cm³/mol. The highest BCUT2D eigenvalue weighted by atomic mass is 127. The fraction of sp³-hybridized carbons (Fsp3) is 1.00. The van der Waals surface area contributed by atoms with Gasteiger partial charge in [-0.15, -0.1) is 0 Å². The molecule has 0 aromatic heterocycles. The third-order valence-electron chi connectivity index (χ3n) is 2.05. The average Bonchev–Trinajstić information content (AvgIpc) is 2.44. The van der Waals surface area contributed by atoms with Gasteiger partial charge in [-0.25, -0.2) is 0 Å². The Kier molecular flexibility index (Phi) is 2.09. The molecular formula is C6H9IO4. The highest BCUT2D eigenvalue weighted by Gasteiger charge is 2.48. The van der Waals surface area contributed by atoms with Crippen LogP contribution in [-0.4, -0.2) is 45.3 Å². The molecule has 2 bridgehead atoms. The Hall–Kier alpha value is 0.570. The van der Waals surface area contributed by atoms with Crippen LogP contribution in [0.1, 0.15) is 0 Å². The van der Waals surface area contributed by atoms with Crippen molar-refractivity contribution >= 4 is 22.6 Å². The molecule has 0 amide bonds. The molecule has 4 nitrogen and oxygen atoms in total. The quantitative estimate of drug-likeness (QED) is 0.451. The van der Waals surface area contributed by atoms with Gasteiger partial charge in [0.05, 0.1) is 16.6 Å². The lowest BCUT2D eigenvalue weighted by Crippen LogP contribution is -2.51. The minimum atomic E-state index is -0.796. The molecule has 2 saturated heterocycles. The first kappa shape index (κ1) is 8.18. The van der Waals surface area contributed by atoms with Crippen LogP contribution in [0.2, 0.25) is 0 Å². The summed E-state index contributed by atoms with van der Waals surface area (Å²) < 4.78 is 10.3. The molecule has 0 radical (unpaired) electrons. The summed E-state index contributed by atoms with van der Waals surface area (Å²) in [7, 11) is 0. The second-order valence-corrected chi connectivity index (χ2v) is 4.24. The van der Waals surface area contributed by atoms with E-state index in [2.05, 4.69) is 0 Å². The maximum atomic E-state index is 9.41. The number of halogens is 1. The van der Waals surface area contributed by atoms with E-state index in [4.69, 9.17) is 9.47 Å². The molecule has 5 heteroatoms. The number of hydrogen-bond acceptors (Lipinski definition) is 4. The highest BCUT2D eigenvalue weighted by Crippen LogP contribution is 2.32. The second kappa shape index (κ2) is 2.81. The van der Waals surface area contributed by atoms with Crippen LogP contribution in [0.4, 0.5) is 0 Å². The third kappa shape index (κ3) is 1.19. The summed E-state index contributed by atoms with van der Waals surface area (Å²) in [6.07, 6.45) is -2.18. The zero-order chi connectivity index (χ0) is 8.01. The number of aliphatic hydroxyl groups excluding tert-OH is 2. The van der Waals surface area contributed by atoms with Gasteiger partial charge in [-0.05, 0) is 0 Å². The van der Waals surface area contributed by atoms with Crippen molar-refractivity contribution in [2.75, 3.05) is 6.61 Å². The maximum absolute atomic E-state index is 9.41. The van der Waals surface area contributed by atoms with Crippen LogP contribution in [0.5, 0.6) is 0 Å². The van der Waals surface area contributed by atoms with Gasteiger partial charge < -0.3 is 19.7 Å². The first-order valence-electron chi connectivity index (χ1n) is 3.47. The summed E-state index contributed by atoms with van der Waals surface area (Å²) in [4.78, 5) is 0. The number of alkyl halides is 1. The molecule has 64 valence electrons. The van der Waals surface area contributed by atoms with E-state index in [1.165, 1.54) is 0 Å². The van der Waals surface area contributed by atoms with E-state index >= 15 is 0 Å². The normalized spacial score (nSPS) is 56.5. The number of fused-ring (bicyclic) bond motifs is 2. The van der Waals surface area contributed by atoms with Gasteiger partial charge in [-0.3, -0.25) is 0 Å². The van der Waals surface area contributed by atoms with Crippen molar-refractivity contribution in [3.63, 3.8) is 0 Å².